The lowest BCUT2D eigenvalue weighted by Crippen LogP contribution is -2.42. The summed E-state index contributed by atoms with van der Waals surface area (Å²) in [6, 6.07) is 3.62. The number of carbonyl (C=O) groups excluding carboxylic acids is 1. The minimum Gasteiger partial charge on any atom is -0.337 e. The molecule has 1 amide bonds. The van der Waals surface area contributed by atoms with Crippen molar-refractivity contribution in [1.82, 2.24) is 13.5 Å². The predicted molar refractivity (Wildman–Crippen MR) is 86.1 cm³/mol. The van der Waals surface area contributed by atoms with Gasteiger partial charge in [-0.3, -0.25) is 4.79 Å². The number of benzene rings is 1. The molecular weight excluding hydrogens is 345 g/mol. The second-order valence-corrected chi connectivity index (χ2v) is 8.01. The van der Waals surface area contributed by atoms with E-state index in [1.54, 1.807) is 4.90 Å². The number of hydrogen-bond acceptors (Lipinski definition) is 3. The van der Waals surface area contributed by atoms with E-state index in [9.17, 15) is 17.6 Å². The molecule has 1 aliphatic rings. The molecule has 0 aromatic heterocycles. The molecule has 0 N–H and O–H groups in total. The van der Waals surface area contributed by atoms with Gasteiger partial charge in [0.15, 0.2) is 0 Å². The monoisotopic (exact) mass is 363 g/mol. The van der Waals surface area contributed by atoms with E-state index in [0.717, 1.165) is 10.4 Å². The summed E-state index contributed by atoms with van der Waals surface area (Å²) in [4.78, 5) is 14.1. The molecule has 1 fully saturated rings. The molecular formula is C14H19ClFN3O3S. The van der Waals surface area contributed by atoms with Crippen molar-refractivity contribution in [3.05, 3.63) is 34.6 Å². The third-order valence-electron chi connectivity index (χ3n) is 3.69. The lowest BCUT2D eigenvalue weighted by molar-refractivity contribution is 0.0764. The summed E-state index contributed by atoms with van der Waals surface area (Å²) in [5.74, 6) is -0.829. The van der Waals surface area contributed by atoms with Crippen LogP contribution in [0, 0.1) is 5.82 Å². The van der Waals surface area contributed by atoms with Crippen LogP contribution in [0.2, 0.25) is 5.02 Å². The molecule has 0 atom stereocenters. The third kappa shape index (κ3) is 4.00. The van der Waals surface area contributed by atoms with Gasteiger partial charge in [0.25, 0.3) is 16.1 Å². The number of carbonyl (C=O) groups is 1. The van der Waals surface area contributed by atoms with Gasteiger partial charge in [-0.15, -0.1) is 0 Å². The van der Waals surface area contributed by atoms with Gasteiger partial charge >= 0.3 is 0 Å². The molecule has 128 valence electrons. The molecule has 0 aliphatic carbocycles. The normalized spacial score (nSPS) is 17.3. The van der Waals surface area contributed by atoms with E-state index >= 15 is 0 Å². The van der Waals surface area contributed by atoms with Crippen LogP contribution in [-0.4, -0.2) is 68.1 Å². The van der Waals surface area contributed by atoms with Gasteiger partial charge in [-0.1, -0.05) is 11.6 Å². The highest BCUT2D eigenvalue weighted by molar-refractivity contribution is 7.86. The first-order valence-electron chi connectivity index (χ1n) is 7.15. The fraction of sp³-hybridized carbons (Fsp3) is 0.500. The van der Waals surface area contributed by atoms with Crippen molar-refractivity contribution in [2.45, 2.75) is 6.42 Å². The average molecular weight is 364 g/mol. The minimum atomic E-state index is -3.50. The molecule has 6 nitrogen and oxygen atoms in total. The van der Waals surface area contributed by atoms with E-state index in [1.165, 1.54) is 30.5 Å². The van der Waals surface area contributed by atoms with E-state index in [1.807, 2.05) is 0 Å². The van der Waals surface area contributed by atoms with Crippen molar-refractivity contribution >= 4 is 27.7 Å². The Bertz CT molecular complexity index is 697. The summed E-state index contributed by atoms with van der Waals surface area (Å²) in [6.07, 6.45) is 0.525. The molecule has 0 radical (unpaired) electrons. The molecule has 0 spiro atoms. The number of hydrogen-bond donors (Lipinski definition) is 0. The Hall–Kier alpha value is -1.22. The van der Waals surface area contributed by atoms with Crippen molar-refractivity contribution in [2.24, 2.45) is 0 Å². The maximum atomic E-state index is 13.1. The number of rotatable bonds is 3. The molecule has 2 rings (SSSR count). The topological polar surface area (TPSA) is 60.9 Å². The zero-order valence-corrected chi connectivity index (χ0v) is 14.6. The van der Waals surface area contributed by atoms with Crippen molar-refractivity contribution in [2.75, 3.05) is 40.3 Å². The van der Waals surface area contributed by atoms with Crippen LogP contribution in [0.25, 0.3) is 0 Å². The van der Waals surface area contributed by atoms with Crippen LogP contribution in [0.15, 0.2) is 18.2 Å². The van der Waals surface area contributed by atoms with E-state index in [-0.39, 0.29) is 29.6 Å². The fourth-order valence-electron chi connectivity index (χ4n) is 2.39. The van der Waals surface area contributed by atoms with Gasteiger partial charge in [0.1, 0.15) is 5.82 Å². The number of nitrogens with zero attached hydrogens (tertiary/aromatic N) is 3. The van der Waals surface area contributed by atoms with Crippen LogP contribution in [0.3, 0.4) is 0 Å². The molecule has 23 heavy (non-hydrogen) atoms. The summed E-state index contributed by atoms with van der Waals surface area (Å²) in [5, 5.41) is 0.0528. The second kappa shape index (κ2) is 7.12. The smallest absolute Gasteiger partial charge is 0.281 e. The van der Waals surface area contributed by atoms with Gasteiger partial charge in [0, 0.05) is 40.3 Å². The molecule has 0 unspecified atom stereocenters. The Labute approximate surface area is 140 Å². The van der Waals surface area contributed by atoms with Gasteiger partial charge in [-0.05, 0) is 24.6 Å². The molecule has 1 aliphatic heterocycles. The molecule has 1 saturated heterocycles. The van der Waals surface area contributed by atoms with Gasteiger partial charge in [-0.2, -0.15) is 17.0 Å². The van der Waals surface area contributed by atoms with Crippen molar-refractivity contribution in [1.29, 1.82) is 0 Å². The van der Waals surface area contributed by atoms with Crippen molar-refractivity contribution in [3.8, 4) is 0 Å². The highest BCUT2D eigenvalue weighted by Crippen LogP contribution is 2.20. The fourth-order valence-corrected chi connectivity index (χ4v) is 3.77. The standard InChI is InChI=1S/C14H19ClFN3O3S/c1-17(2)23(21,22)19-7-3-6-18(8-9-19)14(20)12-5-4-11(16)10-13(12)15/h4-5,10H,3,6-9H2,1-2H3. The summed E-state index contributed by atoms with van der Waals surface area (Å²) < 4.78 is 39.9. The Morgan fingerprint density at radius 3 is 2.52 bits per heavy atom. The molecule has 1 aromatic rings. The second-order valence-electron chi connectivity index (χ2n) is 5.46. The molecule has 9 heteroatoms. The minimum absolute atomic E-state index is 0.0528. The van der Waals surface area contributed by atoms with Gasteiger partial charge in [-0.25, -0.2) is 4.39 Å². The van der Waals surface area contributed by atoms with E-state index in [4.69, 9.17) is 11.6 Å². The zero-order chi connectivity index (χ0) is 17.2. The maximum absolute atomic E-state index is 13.1. The molecule has 0 bridgehead atoms. The zero-order valence-electron chi connectivity index (χ0n) is 13.0. The summed E-state index contributed by atoms with van der Waals surface area (Å²) in [5.41, 5.74) is 0.219. The lowest BCUT2D eigenvalue weighted by Gasteiger charge is -2.24. The molecule has 1 heterocycles. The predicted octanol–water partition coefficient (Wildman–Crippen LogP) is 1.43. The van der Waals surface area contributed by atoms with Crippen LogP contribution >= 0.6 is 11.6 Å². The summed E-state index contributed by atoms with van der Waals surface area (Å²) in [7, 11) is -0.550. The lowest BCUT2D eigenvalue weighted by atomic mass is 10.2. The van der Waals surface area contributed by atoms with Crippen LogP contribution < -0.4 is 0 Å². The van der Waals surface area contributed by atoms with Gasteiger partial charge < -0.3 is 4.90 Å². The molecule has 1 aromatic carbocycles. The van der Waals surface area contributed by atoms with Crippen molar-refractivity contribution in [3.63, 3.8) is 0 Å². The van der Waals surface area contributed by atoms with Crippen LogP contribution in [0.4, 0.5) is 4.39 Å². The van der Waals surface area contributed by atoms with E-state index < -0.39 is 16.0 Å². The van der Waals surface area contributed by atoms with Crippen LogP contribution in [0.1, 0.15) is 16.8 Å². The largest absolute Gasteiger partial charge is 0.337 e. The Morgan fingerprint density at radius 2 is 1.91 bits per heavy atom. The number of amides is 1. The van der Waals surface area contributed by atoms with Crippen LogP contribution in [0.5, 0.6) is 0 Å². The third-order valence-corrected chi connectivity index (χ3v) is 5.94. The summed E-state index contributed by atoms with van der Waals surface area (Å²) in [6.45, 7) is 1.25. The number of halogens is 2. The Morgan fingerprint density at radius 1 is 1.22 bits per heavy atom. The SMILES string of the molecule is CN(C)S(=O)(=O)N1CCCN(C(=O)c2ccc(F)cc2Cl)CC1. The molecule has 0 saturated carbocycles. The first kappa shape index (κ1) is 18.1. The van der Waals surface area contributed by atoms with Crippen molar-refractivity contribution < 1.29 is 17.6 Å². The quantitative estimate of drug-likeness (QED) is 0.816. The highest BCUT2D eigenvalue weighted by atomic mass is 35.5. The van der Waals surface area contributed by atoms with Crippen LogP contribution in [-0.2, 0) is 10.2 Å². The average Bonchev–Trinajstić information content (AvgIpc) is 2.72. The van der Waals surface area contributed by atoms with Gasteiger partial charge in [0.05, 0.1) is 10.6 Å². The maximum Gasteiger partial charge on any atom is 0.281 e. The summed E-state index contributed by atoms with van der Waals surface area (Å²) >= 11 is 5.93. The van der Waals surface area contributed by atoms with E-state index in [2.05, 4.69) is 0 Å². The highest BCUT2D eigenvalue weighted by Gasteiger charge is 2.29. The van der Waals surface area contributed by atoms with Gasteiger partial charge in [0.2, 0.25) is 0 Å². The first-order valence-corrected chi connectivity index (χ1v) is 8.93. The van der Waals surface area contributed by atoms with E-state index in [0.29, 0.717) is 19.5 Å². The first-order chi connectivity index (χ1) is 10.7. The Balaban J connectivity index is 2.13. The Kier molecular flexibility index (Phi) is 5.61.